The Balaban J connectivity index is 1.68. The number of ether oxygens (including phenoxy) is 1. The van der Waals surface area contributed by atoms with Gasteiger partial charge in [0.15, 0.2) is 0 Å². The van der Waals surface area contributed by atoms with Crippen LogP contribution in [0.5, 0.6) is 5.75 Å². The van der Waals surface area contributed by atoms with Gasteiger partial charge in [0.05, 0.1) is 12.8 Å². The second kappa shape index (κ2) is 9.24. The number of terminal acetylenes is 1. The average Bonchev–Trinajstić information content (AvgIpc) is 2.72. The molecule has 3 aromatic carbocycles. The largest absolute Gasteiger partial charge is 0.480 e. The van der Waals surface area contributed by atoms with E-state index in [2.05, 4.69) is 21.8 Å². The quantitative estimate of drug-likeness (QED) is 0.378. The fourth-order valence-corrected chi connectivity index (χ4v) is 2.72. The molecule has 0 fully saturated rings. The SMILES string of the molecule is C#CCOc1ccc2ccccc2c1/C=N\NC(=O)CNc1ccc(C)cc1. The zero-order chi connectivity index (χ0) is 19.8. The smallest absolute Gasteiger partial charge is 0.259 e. The minimum Gasteiger partial charge on any atom is -0.480 e. The fourth-order valence-electron chi connectivity index (χ4n) is 2.72. The molecule has 28 heavy (non-hydrogen) atoms. The van der Waals surface area contributed by atoms with Gasteiger partial charge in [0.1, 0.15) is 12.4 Å². The van der Waals surface area contributed by atoms with Gasteiger partial charge in [-0.15, -0.1) is 6.42 Å². The number of hydrogen-bond acceptors (Lipinski definition) is 4. The molecule has 0 spiro atoms. The molecule has 0 aliphatic rings. The Hall–Kier alpha value is -3.78. The van der Waals surface area contributed by atoms with E-state index >= 15 is 0 Å². The highest BCUT2D eigenvalue weighted by Gasteiger charge is 2.07. The van der Waals surface area contributed by atoms with Gasteiger partial charge in [0.2, 0.25) is 0 Å². The van der Waals surface area contributed by atoms with Crippen LogP contribution in [0.25, 0.3) is 10.8 Å². The van der Waals surface area contributed by atoms with Gasteiger partial charge in [0.25, 0.3) is 5.91 Å². The average molecular weight is 371 g/mol. The molecule has 0 saturated carbocycles. The molecule has 5 heteroatoms. The topological polar surface area (TPSA) is 62.7 Å². The molecule has 3 rings (SSSR count). The normalized spacial score (nSPS) is 10.6. The summed E-state index contributed by atoms with van der Waals surface area (Å²) in [6.45, 7) is 2.29. The van der Waals surface area contributed by atoms with Crippen LogP contribution in [-0.2, 0) is 4.79 Å². The third-order valence-electron chi connectivity index (χ3n) is 4.13. The van der Waals surface area contributed by atoms with Gasteiger partial charge in [-0.2, -0.15) is 5.10 Å². The highest BCUT2D eigenvalue weighted by molar-refractivity contribution is 6.02. The van der Waals surface area contributed by atoms with Crippen LogP contribution in [0.4, 0.5) is 5.69 Å². The molecule has 0 atom stereocenters. The van der Waals surface area contributed by atoms with Gasteiger partial charge in [-0.05, 0) is 35.9 Å². The lowest BCUT2D eigenvalue weighted by Gasteiger charge is -2.10. The van der Waals surface area contributed by atoms with Gasteiger partial charge in [-0.25, -0.2) is 5.43 Å². The van der Waals surface area contributed by atoms with Crippen molar-refractivity contribution in [3.05, 3.63) is 71.8 Å². The Labute approximate surface area is 164 Å². The second-order valence-corrected chi connectivity index (χ2v) is 6.20. The number of benzene rings is 3. The predicted molar refractivity (Wildman–Crippen MR) is 114 cm³/mol. The second-order valence-electron chi connectivity index (χ2n) is 6.20. The summed E-state index contributed by atoms with van der Waals surface area (Å²) in [5.74, 6) is 2.83. The molecule has 0 saturated heterocycles. The number of carbonyl (C=O) groups is 1. The maximum absolute atomic E-state index is 12.0. The summed E-state index contributed by atoms with van der Waals surface area (Å²) in [5.41, 5.74) is 5.34. The highest BCUT2D eigenvalue weighted by atomic mass is 16.5. The molecule has 5 nitrogen and oxygen atoms in total. The maximum Gasteiger partial charge on any atom is 0.259 e. The first-order valence-corrected chi connectivity index (χ1v) is 8.88. The highest BCUT2D eigenvalue weighted by Crippen LogP contribution is 2.26. The van der Waals surface area contributed by atoms with Crippen LogP contribution in [0.15, 0.2) is 65.8 Å². The number of rotatable bonds is 7. The molecule has 0 bridgehead atoms. The van der Waals surface area contributed by atoms with Gasteiger partial charge in [0, 0.05) is 11.3 Å². The van der Waals surface area contributed by atoms with E-state index in [9.17, 15) is 4.79 Å². The Kier molecular flexibility index (Phi) is 6.27. The molecule has 0 radical (unpaired) electrons. The number of hydrogen-bond donors (Lipinski definition) is 2. The minimum atomic E-state index is -0.247. The zero-order valence-corrected chi connectivity index (χ0v) is 15.6. The van der Waals surface area contributed by atoms with Crippen LogP contribution in [0, 0.1) is 19.3 Å². The number of nitrogens with zero attached hydrogens (tertiary/aromatic N) is 1. The van der Waals surface area contributed by atoms with Crippen molar-refractivity contribution in [2.45, 2.75) is 6.92 Å². The van der Waals surface area contributed by atoms with Crippen molar-refractivity contribution < 1.29 is 9.53 Å². The van der Waals surface area contributed by atoms with Crippen molar-refractivity contribution in [3.8, 4) is 18.1 Å². The van der Waals surface area contributed by atoms with Crippen molar-refractivity contribution in [1.82, 2.24) is 5.43 Å². The zero-order valence-electron chi connectivity index (χ0n) is 15.6. The van der Waals surface area contributed by atoms with Gasteiger partial charge in [-0.1, -0.05) is 53.9 Å². The minimum absolute atomic E-state index is 0.121. The summed E-state index contributed by atoms with van der Waals surface area (Å²) in [6.07, 6.45) is 6.88. The van der Waals surface area contributed by atoms with Crippen LogP contribution >= 0.6 is 0 Å². The first-order chi connectivity index (χ1) is 13.7. The van der Waals surface area contributed by atoms with E-state index in [1.807, 2.05) is 67.6 Å². The molecule has 0 aliphatic heterocycles. The Morgan fingerprint density at radius 1 is 1.14 bits per heavy atom. The van der Waals surface area contributed by atoms with Gasteiger partial charge >= 0.3 is 0 Å². The number of hydrazone groups is 1. The number of anilines is 1. The number of nitrogens with one attached hydrogen (secondary N) is 2. The summed E-state index contributed by atoms with van der Waals surface area (Å²) in [6, 6.07) is 19.5. The van der Waals surface area contributed by atoms with Gasteiger partial charge < -0.3 is 10.1 Å². The summed E-state index contributed by atoms with van der Waals surface area (Å²) in [7, 11) is 0. The lowest BCUT2D eigenvalue weighted by Crippen LogP contribution is -2.25. The molecule has 0 heterocycles. The molecule has 3 aromatic rings. The first-order valence-electron chi connectivity index (χ1n) is 8.88. The Morgan fingerprint density at radius 2 is 1.93 bits per heavy atom. The van der Waals surface area contributed by atoms with E-state index in [0.29, 0.717) is 5.75 Å². The Bertz CT molecular complexity index is 1030. The molecular weight excluding hydrogens is 350 g/mol. The number of carbonyl (C=O) groups excluding carboxylic acids is 1. The fraction of sp³-hybridized carbons (Fsp3) is 0.130. The van der Waals surface area contributed by atoms with E-state index in [4.69, 9.17) is 11.2 Å². The van der Waals surface area contributed by atoms with Crippen LogP contribution in [0.2, 0.25) is 0 Å². The number of fused-ring (bicyclic) bond motifs is 1. The number of aryl methyl sites for hydroxylation is 1. The van der Waals surface area contributed by atoms with Crippen LogP contribution in [0.3, 0.4) is 0 Å². The molecule has 140 valence electrons. The van der Waals surface area contributed by atoms with Crippen molar-refractivity contribution in [1.29, 1.82) is 0 Å². The lowest BCUT2D eigenvalue weighted by atomic mass is 10.0. The van der Waals surface area contributed by atoms with Gasteiger partial charge in [-0.3, -0.25) is 4.79 Å². The van der Waals surface area contributed by atoms with Crippen molar-refractivity contribution in [2.24, 2.45) is 5.10 Å². The van der Waals surface area contributed by atoms with Crippen molar-refractivity contribution in [3.63, 3.8) is 0 Å². The molecule has 0 aliphatic carbocycles. The molecule has 0 aromatic heterocycles. The van der Waals surface area contributed by atoms with E-state index < -0.39 is 0 Å². The van der Waals surface area contributed by atoms with E-state index in [0.717, 1.165) is 27.6 Å². The maximum atomic E-state index is 12.0. The lowest BCUT2D eigenvalue weighted by molar-refractivity contribution is -0.119. The summed E-state index contributed by atoms with van der Waals surface area (Å²) >= 11 is 0. The Morgan fingerprint density at radius 3 is 2.71 bits per heavy atom. The predicted octanol–water partition coefficient (Wildman–Crippen LogP) is 3.72. The van der Waals surface area contributed by atoms with Crippen LogP contribution in [0.1, 0.15) is 11.1 Å². The van der Waals surface area contributed by atoms with Crippen LogP contribution < -0.4 is 15.5 Å². The van der Waals surface area contributed by atoms with E-state index in [1.54, 1.807) is 6.21 Å². The van der Waals surface area contributed by atoms with Crippen molar-refractivity contribution in [2.75, 3.05) is 18.5 Å². The number of amides is 1. The molecule has 2 N–H and O–H groups in total. The molecule has 0 unspecified atom stereocenters. The van der Waals surface area contributed by atoms with E-state index in [-0.39, 0.29) is 19.1 Å². The first kappa shape index (κ1) is 19.0. The summed E-state index contributed by atoms with van der Waals surface area (Å²) in [4.78, 5) is 12.0. The molecule has 1 amide bonds. The monoisotopic (exact) mass is 371 g/mol. The summed E-state index contributed by atoms with van der Waals surface area (Å²) in [5, 5.41) is 9.16. The molecular formula is C23H21N3O2. The van der Waals surface area contributed by atoms with Crippen LogP contribution in [-0.4, -0.2) is 25.3 Å². The standard InChI is InChI=1S/C23H21N3O2/c1-3-14-28-22-13-10-18-6-4-5-7-20(18)21(22)15-25-26-23(27)16-24-19-11-8-17(2)9-12-19/h1,4-13,15,24H,14,16H2,2H3,(H,26,27)/b25-15-. The third kappa shape index (κ3) is 4.89. The third-order valence-corrected chi connectivity index (χ3v) is 4.13. The summed E-state index contributed by atoms with van der Waals surface area (Å²) < 4.78 is 5.61. The van der Waals surface area contributed by atoms with E-state index in [1.165, 1.54) is 0 Å². The van der Waals surface area contributed by atoms with Crippen molar-refractivity contribution >= 4 is 28.6 Å².